The molecule has 15 heavy (non-hydrogen) atoms. The highest BCUT2D eigenvalue weighted by atomic mass is 16.5. The van der Waals surface area contributed by atoms with Crippen molar-refractivity contribution in [2.45, 2.75) is 18.9 Å². The van der Waals surface area contributed by atoms with Crippen LogP contribution in [0.25, 0.3) is 0 Å². The molecule has 0 bridgehead atoms. The SMILES string of the molecule is C#C[C@H]1C[C@H](Oc2ccc(OC)cc2)C1. The van der Waals surface area contributed by atoms with Crippen molar-refractivity contribution in [3.8, 4) is 23.8 Å². The number of hydrogen-bond acceptors (Lipinski definition) is 2. The molecule has 1 aliphatic carbocycles. The summed E-state index contributed by atoms with van der Waals surface area (Å²) >= 11 is 0. The third-order valence-corrected chi connectivity index (χ3v) is 2.69. The molecule has 2 nitrogen and oxygen atoms in total. The van der Waals surface area contributed by atoms with Crippen molar-refractivity contribution in [1.29, 1.82) is 0 Å². The summed E-state index contributed by atoms with van der Waals surface area (Å²) in [6.45, 7) is 0. The topological polar surface area (TPSA) is 18.5 Å². The summed E-state index contributed by atoms with van der Waals surface area (Å²) < 4.78 is 10.8. The Bertz CT molecular complexity index is 355. The summed E-state index contributed by atoms with van der Waals surface area (Å²) in [7, 11) is 1.65. The van der Waals surface area contributed by atoms with Crippen LogP contribution in [0.3, 0.4) is 0 Å². The highest BCUT2D eigenvalue weighted by Crippen LogP contribution is 2.31. The number of benzene rings is 1. The summed E-state index contributed by atoms with van der Waals surface area (Å²) in [5.41, 5.74) is 0. The Morgan fingerprint density at radius 1 is 1.20 bits per heavy atom. The molecule has 2 heteroatoms. The van der Waals surface area contributed by atoms with Crippen molar-refractivity contribution >= 4 is 0 Å². The van der Waals surface area contributed by atoms with Crippen molar-refractivity contribution in [3.05, 3.63) is 24.3 Å². The van der Waals surface area contributed by atoms with Gasteiger partial charge in [0.25, 0.3) is 0 Å². The van der Waals surface area contributed by atoms with Gasteiger partial charge in [-0.05, 0) is 37.1 Å². The lowest BCUT2D eigenvalue weighted by atomic mass is 9.83. The molecule has 0 saturated heterocycles. The molecule has 1 aromatic rings. The van der Waals surface area contributed by atoms with Crippen LogP contribution in [0.2, 0.25) is 0 Å². The van der Waals surface area contributed by atoms with E-state index in [0.29, 0.717) is 12.0 Å². The second-order valence-electron chi connectivity index (χ2n) is 3.75. The predicted molar refractivity (Wildman–Crippen MR) is 59.0 cm³/mol. The number of terminal acetylenes is 1. The highest BCUT2D eigenvalue weighted by Gasteiger charge is 2.29. The Kier molecular flexibility index (Phi) is 2.82. The van der Waals surface area contributed by atoms with E-state index in [9.17, 15) is 0 Å². The lowest BCUT2D eigenvalue weighted by molar-refractivity contribution is 0.0902. The average Bonchev–Trinajstić information content (AvgIpc) is 2.23. The van der Waals surface area contributed by atoms with Crippen molar-refractivity contribution in [1.82, 2.24) is 0 Å². The molecule has 0 N–H and O–H groups in total. The molecule has 0 spiro atoms. The van der Waals surface area contributed by atoms with E-state index in [-0.39, 0.29) is 0 Å². The summed E-state index contributed by atoms with van der Waals surface area (Å²) in [5, 5.41) is 0. The van der Waals surface area contributed by atoms with Crippen LogP contribution in [-0.4, -0.2) is 13.2 Å². The van der Waals surface area contributed by atoms with Gasteiger partial charge in [-0.3, -0.25) is 0 Å². The predicted octanol–water partition coefficient (Wildman–Crippen LogP) is 2.49. The summed E-state index contributed by atoms with van der Waals surface area (Å²) in [6, 6.07) is 7.63. The fraction of sp³-hybridized carbons (Fsp3) is 0.385. The van der Waals surface area contributed by atoms with E-state index in [1.807, 2.05) is 24.3 Å². The van der Waals surface area contributed by atoms with Crippen LogP contribution >= 0.6 is 0 Å². The van der Waals surface area contributed by atoms with Crippen LogP contribution in [-0.2, 0) is 0 Å². The van der Waals surface area contributed by atoms with Crippen LogP contribution in [0.5, 0.6) is 11.5 Å². The molecule has 0 aliphatic heterocycles. The van der Waals surface area contributed by atoms with Crippen LogP contribution in [0.15, 0.2) is 24.3 Å². The van der Waals surface area contributed by atoms with Gasteiger partial charge < -0.3 is 9.47 Å². The lowest BCUT2D eigenvalue weighted by Gasteiger charge is -2.32. The molecule has 0 aromatic heterocycles. The van der Waals surface area contributed by atoms with Crippen LogP contribution in [0.4, 0.5) is 0 Å². The second kappa shape index (κ2) is 4.27. The van der Waals surface area contributed by atoms with E-state index in [1.165, 1.54) is 0 Å². The fourth-order valence-electron chi connectivity index (χ4n) is 1.64. The lowest BCUT2D eigenvalue weighted by Crippen LogP contribution is -2.32. The first-order valence-electron chi connectivity index (χ1n) is 5.08. The Hall–Kier alpha value is -1.62. The summed E-state index contributed by atoms with van der Waals surface area (Å²) in [6.07, 6.45) is 7.55. The van der Waals surface area contributed by atoms with Gasteiger partial charge >= 0.3 is 0 Å². The Labute approximate surface area is 90.2 Å². The zero-order valence-corrected chi connectivity index (χ0v) is 8.77. The molecule has 1 saturated carbocycles. The average molecular weight is 202 g/mol. The Morgan fingerprint density at radius 3 is 2.33 bits per heavy atom. The van der Waals surface area contributed by atoms with Crippen molar-refractivity contribution in [2.75, 3.05) is 7.11 Å². The molecule has 1 aromatic carbocycles. The summed E-state index contributed by atoms with van der Waals surface area (Å²) in [4.78, 5) is 0. The molecule has 0 amide bonds. The normalized spacial score (nSPS) is 23.7. The zero-order valence-electron chi connectivity index (χ0n) is 8.77. The first-order chi connectivity index (χ1) is 7.31. The summed E-state index contributed by atoms with van der Waals surface area (Å²) in [5.74, 6) is 4.88. The third kappa shape index (κ3) is 2.24. The molecule has 1 aliphatic rings. The van der Waals surface area contributed by atoms with Gasteiger partial charge in [-0.1, -0.05) is 0 Å². The molecule has 0 radical (unpaired) electrons. The van der Waals surface area contributed by atoms with Gasteiger partial charge in [0.15, 0.2) is 0 Å². The minimum atomic E-state index is 0.291. The van der Waals surface area contributed by atoms with Crippen molar-refractivity contribution in [3.63, 3.8) is 0 Å². The first kappa shape index (κ1) is 9.92. The number of hydrogen-bond donors (Lipinski definition) is 0. The standard InChI is InChI=1S/C13H14O2/c1-3-10-8-13(9-10)15-12-6-4-11(14-2)5-7-12/h1,4-7,10,13H,8-9H2,2H3/t10-,13-. The molecule has 1 fully saturated rings. The van der Waals surface area contributed by atoms with Gasteiger partial charge in [0.1, 0.15) is 17.6 Å². The van der Waals surface area contributed by atoms with Crippen LogP contribution in [0, 0.1) is 18.3 Å². The number of ether oxygens (including phenoxy) is 2. The largest absolute Gasteiger partial charge is 0.497 e. The maximum absolute atomic E-state index is 5.73. The highest BCUT2D eigenvalue weighted by molar-refractivity contribution is 5.31. The van der Waals surface area contributed by atoms with Crippen LogP contribution < -0.4 is 9.47 Å². The van der Waals surface area contributed by atoms with E-state index in [2.05, 4.69) is 5.92 Å². The molecule has 0 atom stereocenters. The van der Waals surface area contributed by atoms with E-state index in [4.69, 9.17) is 15.9 Å². The van der Waals surface area contributed by atoms with Gasteiger partial charge in [0.05, 0.1) is 7.11 Å². The van der Waals surface area contributed by atoms with Gasteiger partial charge in [-0.25, -0.2) is 0 Å². The minimum Gasteiger partial charge on any atom is -0.497 e. The van der Waals surface area contributed by atoms with Gasteiger partial charge in [0, 0.05) is 5.92 Å². The minimum absolute atomic E-state index is 0.291. The second-order valence-corrected chi connectivity index (χ2v) is 3.75. The third-order valence-electron chi connectivity index (χ3n) is 2.69. The van der Waals surface area contributed by atoms with Crippen LogP contribution in [0.1, 0.15) is 12.8 Å². The Balaban J connectivity index is 1.87. The van der Waals surface area contributed by atoms with E-state index in [1.54, 1.807) is 7.11 Å². The van der Waals surface area contributed by atoms with Crippen molar-refractivity contribution < 1.29 is 9.47 Å². The molecule has 78 valence electrons. The van der Waals surface area contributed by atoms with Gasteiger partial charge in [-0.2, -0.15) is 0 Å². The monoisotopic (exact) mass is 202 g/mol. The molecular formula is C13H14O2. The quantitative estimate of drug-likeness (QED) is 0.701. The number of methoxy groups -OCH3 is 1. The molecule has 0 unspecified atom stereocenters. The van der Waals surface area contributed by atoms with Crippen molar-refractivity contribution in [2.24, 2.45) is 5.92 Å². The maximum Gasteiger partial charge on any atom is 0.119 e. The fourth-order valence-corrected chi connectivity index (χ4v) is 1.64. The molecule has 0 heterocycles. The van der Waals surface area contributed by atoms with Gasteiger partial charge in [-0.15, -0.1) is 12.3 Å². The van der Waals surface area contributed by atoms with Gasteiger partial charge in [0.2, 0.25) is 0 Å². The smallest absolute Gasteiger partial charge is 0.119 e. The molecule has 2 rings (SSSR count). The Morgan fingerprint density at radius 2 is 1.80 bits per heavy atom. The molecular weight excluding hydrogens is 188 g/mol. The number of rotatable bonds is 3. The maximum atomic E-state index is 5.73. The van der Waals surface area contributed by atoms with E-state index in [0.717, 1.165) is 24.3 Å². The zero-order chi connectivity index (χ0) is 10.7. The van der Waals surface area contributed by atoms with E-state index < -0.39 is 0 Å². The van der Waals surface area contributed by atoms with E-state index >= 15 is 0 Å². The first-order valence-corrected chi connectivity index (χ1v) is 5.08.